The van der Waals surface area contributed by atoms with Crippen molar-refractivity contribution in [3.05, 3.63) is 162 Å². The van der Waals surface area contributed by atoms with E-state index in [9.17, 15) is 0 Å². The fraction of sp³-hybridized carbons (Fsp3) is 0.0714. The molecule has 0 fully saturated rings. The summed E-state index contributed by atoms with van der Waals surface area (Å²) >= 11 is 0. The Labute approximate surface area is 263 Å². The minimum absolute atomic E-state index is 0.827. The minimum atomic E-state index is 0.827. The summed E-state index contributed by atoms with van der Waals surface area (Å²) in [6.45, 7) is 4.43. The highest BCUT2D eigenvalue weighted by Gasteiger charge is 2.29. The molecule has 3 nitrogen and oxygen atoms in total. The Balaban J connectivity index is 1.48. The highest BCUT2D eigenvalue weighted by atomic mass is 15.3. The van der Waals surface area contributed by atoms with Gasteiger partial charge in [-0.25, -0.2) is 0 Å². The molecule has 6 aromatic carbocycles. The van der Waals surface area contributed by atoms with Crippen molar-refractivity contribution < 1.29 is 0 Å². The van der Waals surface area contributed by atoms with Crippen LogP contribution in [-0.4, -0.2) is 15.4 Å². The van der Waals surface area contributed by atoms with Crippen LogP contribution in [0, 0.1) is 13.8 Å². The van der Waals surface area contributed by atoms with Gasteiger partial charge in [0.25, 0.3) is 0 Å². The Morgan fingerprint density at radius 1 is 0.444 bits per heavy atom. The molecule has 3 heteroatoms. The molecule has 0 saturated carbocycles. The van der Waals surface area contributed by atoms with E-state index in [1.807, 2.05) is 0 Å². The second-order valence-electron chi connectivity index (χ2n) is 11.7. The number of fused-ring (bicyclic) bond motifs is 3. The van der Waals surface area contributed by atoms with Gasteiger partial charge in [-0.15, -0.1) is 10.2 Å². The van der Waals surface area contributed by atoms with Crippen LogP contribution in [0.15, 0.2) is 140 Å². The van der Waals surface area contributed by atoms with Crippen LogP contribution in [-0.2, 0) is 6.42 Å². The van der Waals surface area contributed by atoms with Crippen LogP contribution in [0.5, 0.6) is 0 Å². The summed E-state index contributed by atoms with van der Waals surface area (Å²) in [6, 6.07) is 49.4. The molecular formula is C42H31N3. The summed E-state index contributed by atoms with van der Waals surface area (Å²) in [4.78, 5) is 0. The van der Waals surface area contributed by atoms with Crippen LogP contribution in [0.4, 0.5) is 0 Å². The third kappa shape index (κ3) is 4.56. The van der Waals surface area contributed by atoms with Gasteiger partial charge in [-0.2, -0.15) is 0 Å². The first kappa shape index (κ1) is 26.9. The Hall–Kier alpha value is -5.67. The van der Waals surface area contributed by atoms with E-state index in [-0.39, 0.29) is 0 Å². The SMILES string of the molecule is Cc1cc2c(c(-c3nnnc(-c4ccccc4-c4ccccc4)c3-c3ccccc3-c3ccccc3)c1C)Cc1ccccc1-2. The number of hydrogen-bond donors (Lipinski definition) is 0. The molecule has 0 spiro atoms. The maximum absolute atomic E-state index is 4.93. The molecule has 1 aliphatic rings. The number of hydrogen-bond acceptors (Lipinski definition) is 3. The third-order valence-corrected chi connectivity index (χ3v) is 9.18. The van der Waals surface area contributed by atoms with E-state index in [1.54, 1.807) is 0 Å². The van der Waals surface area contributed by atoms with Gasteiger partial charge in [-0.05, 0) is 86.7 Å². The van der Waals surface area contributed by atoms with Gasteiger partial charge in [0, 0.05) is 16.7 Å². The molecule has 214 valence electrons. The van der Waals surface area contributed by atoms with Crippen molar-refractivity contribution in [2.75, 3.05) is 0 Å². The zero-order valence-corrected chi connectivity index (χ0v) is 25.3. The second kappa shape index (κ2) is 11.1. The van der Waals surface area contributed by atoms with Crippen molar-refractivity contribution >= 4 is 0 Å². The Morgan fingerprint density at radius 3 is 1.62 bits per heavy atom. The molecule has 0 amide bonds. The molecular weight excluding hydrogens is 546 g/mol. The molecule has 1 heterocycles. The number of benzene rings is 6. The predicted molar refractivity (Wildman–Crippen MR) is 185 cm³/mol. The third-order valence-electron chi connectivity index (χ3n) is 9.18. The van der Waals surface area contributed by atoms with E-state index in [4.69, 9.17) is 10.2 Å². The van der Waals surface area contributed by atoms with E-state index in [2.05, 4.69) is 159 Å². The lowest BCUT2D eigenvalue weighted by Crippen LogP contribution is -2.05. The Bertz CT molecular complexity index is 2200. The van der Waals surface area contributed by atoms with E-state index >= 15 is 0 Å². The minimum Gasteiger partial charge on any atom is -0.129 e. The van der Waals surface area contributed by atoms with Crippen LogP contribution in [0.3, 0.4) is 0 Å². The Morgan fingerprint density at radius 2 is 0.956 bits per heavy atom. The molecule has 0 aliphatic heterocycles. The van der Waals surface area contributed by atoms with Crippen molar-refractivity contribution in [3.8, 4) is 67.0 Å². The first-order chi connectivity index (χ1) is 22.2. The quantitative estimate of drug-likeness (QED) is 0.204. The van der Waals surface area contributed by atoms with Gasteiger partial charge in [-0.3, -0.25) is 0 Å². The predicted octanol–water partition coefficient (Wildman–Crippen LogP) is 10.4. The Kier molecular flexibility index (Phi) is 6.65. The summed E-state index contributed by atoms with van der Waals surface area (Å²) < 4.78 is 0. The van der Waals surface area contributed by atoms with Crippen molar-refractivity contribution in [3.63, 3.8) is 0 Å². The van der Waals surface area contributed by atoms with Gasteiger partial charge in [0.15, 0.2) is 0 Å². The monoisotopic (exact) mass is 577 g/mol. The molecule has 0 unspecified atom stereocenters. The average molecular weight is 578 g/mol. The van der Waals surface area contributed by atoms with Crippen molar-refractivity contribution in [1.29, 1.82) is 0 Å². The van der Waals surface area contributed by atoms with Gasteiger partial charge < -0.3 is 0 Å². The molecule has 45 heavy (non-hydrogen) atoms. The van der Waals surface area contributed by atoms with E-state index < -0.39 is 0 Å². The fourth-order valence-corrected chi connectivity index (χ4v) is 6.91. The van der Waals surface area contributed by atoms with E-state index in [0.717, 1.165) is 62.3 Å². The van der Waals surface area contributed by atoms with E-state index in [1.165, 1.54) is 33.4 Å². The summed E-state index contributed by atoms with van der Waals surface area (Å²) in [5.74, 6) is 0. The molecule has 1 aliphatic carbocycles. The number of nitrogens with zero attached hydrogens (tertiary/aromatic N) is 3. The number of aryl methyl sites for hydroxylation is 1. The number of aromatic nitrogens is 3. The summed E-state index contributed by atoms with van der Waals surface area (Å²) in [6.07, 6.45) is 0.863. The zero-order chi connectivity index (χ0) is 30.3. The maximum Gasteiger partial charge on any atom is 0.105 e. The number of rotatable bonds is 5. The molecule has 0 radical (unpaired) electrons. The van der Waals surface area contributed by atoms with Crippen molar-refractivity contribution in [1.82, 2.24) is 15.4 Å². The zero-order valence-electron chi connectivity index (χ0n) is 25.3. The maximum atomic E-state index is 4.93. The lowest BCUT2D eigenvalue weighted by Gasteiger charge is -2.21. The lowest BCUT2D eigenvalue weighted by atomic mass is 9.84. The second-order valence-corrected chi connectivity index (χ2v) is 11.7. The normalized spacial score (nSPS) is 11.7. The highest BCUT2D eigenvalue weighted by molar-refractivity contribution is 6.01. The largest absolute Gasteiger partial charge is 0.129 e. The smallest absolute Gasteiger partial charge is 0.105 e. The van der Waals surface area contributed by atoms with Crippen molar-refractivity contribution in [2.24, 2.45) is 0 Å². The summed E-state index contributed by atoms with van der Waals surface area (Å²) in [5, 5.41) is 14.3. The molecule has 8 rings (SSSR count). The van der Waals surface area contributed by atoms with Crippen LogP contribution >= 0.6 is 0 Å². The van der Waals surface area contributed by atoms with Crippen LogP contribution in [0.1, 0.15) is 22.3 Å². The van der Waals surface area contributed by atoms with Crippen LogP contribution in [0.25, 0.3) is 67.0 Å². The summed E-state index contributed by atoms with van der Waals surface area (Å²) in [5.41, 5.74) is 18.2. The average Bonchev–Trinajstić information content (AvgIpc) is 3.47. The van der Waals surface area contributed by atoms with Gasteiger partial charge in [-0.1, -0.05) is 140 Å². The molecule has 0 saturated heterocycles. The van der Waals surface area contributed by atoms with E-state index in [0.29, 0.717) is 0 Å². The van der Waals surface area contributed by atoms with Gasteiger partial charge in [0.05, 0.1) is 0 Å². The molecule has 1 aromatic heterocycles. The molecule has 7 aromatic rings. The molecule has 0 bridgehead atoms. The lowest BCUT2D eigenvalue weighted by molar-refractivity contribution is 0.877. The van der Waals surface area contributed by atoms with Gasteiger partial charge in [0.2, 0.25) is 0 Å². The van der Waals surface area contributed by atoms with Gasteiger partial charge >= 0.3 is 0 Å². The topological polar surface area (TPSA) is 38.7 Å². The standard InChI is InChI=1S/C42H31N3/c1-27-25-37-34-22-10-9-19-31(34)26-38(37)39(28(27)2)42-40(35-23-13-11-20-32(35)29-15-5-3-6-16-29)41(43-45-44-42)36-24-14-12-21-33(36)30-17-7-4-8-18-30/h3-25H,26H2,1-2H3. The van der Waals surface area contributed by atoms with Crippen LogP contribution in [0.2, 0.25) is 0 Å². The van der Waals surface area contributed by atoms with Gasteiger partial charge in [0.1, 0.15) is 11.4 Å². The van der Waals surface area contributed by atoms with Crippen molar-refractivity contribution in [2.45, 2.75) is 20.3 Å². The highest BCUT2D eigenvalue weighted by Crippen LogP contribution is 2.49. The first-order valence-electron chi connectivity index (χ1n) is 15.4. The molecule has 0 N–H and O–H groups in total. The fourth-order valence-electron chi connectivity index (χ4n) is 6.91. The first-order valence-corrected chi connectivity index (χ1v) is 15.4. The molecule has 0 atom stereocenters. The summed E-state index contributed by atoms with van der Waals surface area (Å²) in [7, 11) is 0. The van der Waals surface area contributed by atoms with Crippen LogP contribution < -0.4 is 0 Å².